The van der Waals surface area contributed by atoms with Gasteiger partial charge in [0.25, 0.3) is 0 Å². The molecule has 0 spiro atoms. The average molecular weight is 593 g/mol. The van der Waals surface area contributed by atoms with Gasteiger partial charge in [0, 0.05) is 46.9 Å². The van der Waals surface area contributed by atoms with Crippen molar-refractivity contribution in [1.29, 1.82) is 0 Å². The second kappa shape index (κ2) is 10.3. The number of methoxy groups -OCH3 is 1. The Hall–Kier alpha value is -5.20. The lowest BCUT2D eigenvalue weighted by molar-refractivity contribution is 0.00119. The molecule has 4 aromatic carbocycles. The smallest absolute Gasteiger partial charge is 0.202 e. The number of aromatic hydroxyl groups is 7. The molecule has 0 aromatic heterocycles. The summed E-state index contributed by atoms with van der Waals surface area (Å²) in [5.41, 5.74) is 0.612. The molecule has 43 heavy (non-hydrogen) atoms. The van der Waals surface area contributed by atoms with Crippen LogP contribution in [0.2, 0.25) is 0 Å². The number of aliphatic hydroxyl groups excluding tert-OH is 2. The van der Waals surface area contributed by atoms with E-state index >= 15 is 0 Å². The van der Waals surface area contributed by atoms with E-state index < -0.39 is 59.1 Å². The quantitative estimate of drug-likeness (QED) is 0.167. The van der Waals surface area contributed by atoms with Gasteiger partial charge in [-0.1, -0.05) is 12.1 Å². The van der Waals surface area contributed by atoms with Crippen LogP contribution in [-0.4, -0.2) is 65.3 Å². The van der Waals surface area contributed by atoms with Crippen molar-refractivity contribution in [2.75, 3.05) is 7.11 Å². The zero-order valence-electron chi connectivity index (χ0n) is 22.5. The Morgan fingerprint density at radius 2 is 1.30 bits per heavy atom. The molecule has 6 rings (SSSR count). The van der Waals surface area contributed by atoms with E-state index in [1.54, 1.807) is 0 Å². The molecule has 2 heterocycles. The topological polar surface area (TPSA) is 210 Å². The molecule has 2 aliphatic heterocycles. The fourth-order valence-corrected chi connectivity index (χ4v) is 5.93. The third-order valence-electron chi connectivity index (χ3n) is 7.84. The number of hydrogen-bond acceptors (Lipinski definition) is 12. The Balaban J connectivity index is 1.54. The first-order chi connectivity index (χ1) is 20.5. The molecular formula is C31H28O12. The summed E-state index contributed by atoms with van der Waals surface area (Å²) < 4.78 is 17.2. The standard InChI is InChI=1S/C31H28O12/c1-41-31-20(37)6-13(7-21(31)38)28-22(39)10-16-17(34)11-19(36)25(30(16)43-28)26-24-18(35)8-15(33)9-23(24)42-29(27(26)40)12-2-4-14(32)5-3-12/h2-9,11,22,26-29,32-40H,10H2,1H3. The molecule has 5 atom stereocenters. The highest BCUT2D eigenvalue weighted by molar-refractivity contribution is 5.66. The molecule has 0 aliphatic carbocycles. The number of hydrogen-bond donors (Lipinski definition) is 9. The van der Waals surface area contributed by atoms with Crippen LogP contribution in [0.3, 0.4) is 0 Å². The van der Waals surface area contributed by atoms with E-state index in [4.69, 9.17) is 14.2 Å². The predicted octanol–water partition coefficient (Wildman–Crippen LogP) is 3.30. The van der Waals surface area contributed by atoms with Gasteiger partial charge < -0.3 is 60.2 Å². The summed E-state index contributed by atoms with van der Waals surface area (Å²) in [6.07, 6.45) is -5.33. The molecule has 0 radical (unpaired) electrons. The van der Waals surface area contributed by atoms with E-state index in [-0.39, 0.29) is 57.4 Å². The third-order valence-corrected chi connectivity index (χ3v) is 7.84. The van der Waals surface area contributed by atoms with Crippen LogP contribution < -0.4 is 14.2 Å². The zero-order valence-corrected chi connectivity index (χ0v) is 22.5. The summed E-state index contributed by atoms with van der Waals surface area (Å²) in [6.45, 7) is 0. The van der Waals surface area contributed by atoms with Gasteiger partial charge in [0.1, 0.15) is 46.4 Å². The van der Waals surface area contributed by atoms with E-state index in [9.17, 15) is 46.0 Å². The highest BCUT2D eigenvalue weighted by Crippen LogP contribution is 2.57. The van der Waals surface area contributed by atoms with Crippen molar-refractivity contribution in [3.8, 4) is 57.5 Å². The lowest BCUT2D eigenvalue weighted by atomic mass is 9.77. The largest absolute Gasteiger partial charge is 0.508 e. The molecule has 2 aliphatic rings. The maximum atomic E-state index is 11.8. The lowest BCUT2D eigenvalue weighted by Gasteiger charge is -2.40. The molecule has 0 fully saturated rings. The molecule has 12 heteroatoms. The molecule has 0 amide bonds. The van der Waals surface area contributed by atoms with E-state index in [0.29, 0.717) is 5.56 Å². The summed E-state index contributed by atoms with van der Waals surface area (Å²) >= 11 is 0. The lowest BCUT2D eigenvalue weighted by Crippen LogP contribution is -2.36. The number of phenolic OH excluding ortho intramolecular Hbond substituents is 7. The van der Waals surface area contributed by atoms with Crippen LogP contribution in [0.5, 0.6) is 57.5 Å². The minimum absolute atomic E-state index is 0.00882. The van der Waals surface area contributed by atoms with Gasteiger partial charge in [-0.25, -0.2) is 0 Å². The molecule has 5 unspecified atom stereocenters. The molecule has 9 N–H and O–H groups in total. The minimum Gasteiger partial charge on any atom is -0.508 e. The van der Waals surface area contributed by atoms with Crippen molar-refractivity contribution >= 4 is 0 Å². The SMILES string of the molecule is COc1c(O)cc(C2Oc3c(c(O)cc(O)c3C3c4c(O)cc(O)cc4OC(c4ccc(O)cc4)C3O)CC2O)cc1O. The molecule has 12 nitrogen and oxygen atoms in total. The third kappa shape index (κ3) is 4.57. The number of rotatable bonds is 4. The molecule has 224 valence electrons. The second-order valence-corrected chi connectivity index (χ2v) is 10.5. The first kappa shape index (κ1) is 27.9. The van der Waals surface area contributed by atoms with E-state index in [2.05, 4.69) is 0 Å². The minimum atomic E-state index is -1.50. The monoisotopic (exact) mass is 592 g/mol. The number of fused-ring (bicyclic) bond motifs is 2. The average Bonchev–Trinajstić information content (AvgIpc) is 2.94. The van der Waals surface area contributed by atoms with Crippen LogP contribution in [-0.2, 0) is 6.42 Å². The predicted molar refractivity (Wildman–Crippen MR) is 148 cm³/mol. The van der Waals surface area contributed by atoms with E-state index in [1.807, 2.05) is 0 Å². The van der Waals surface area contributed by atoms with Crippen molar-refractivity contribution in [3.63, 3.8) is 0 Å². The van der Waals surface area contributed by atoms with E-state index in [1.165, 1.54) is 49.6 Å². The highest BCUT2D eigenvalue weighted by atomic mass is 16.5. The molecule has 4 aromatic rings. The van der Waals surface area contributed by atoms with Crippen LogP contribution in [0.4, 0.5) is 0 Å². The molecule has 0 bridgehead atoms. The summed E-state index contributed by atoms with van der Waals surface area (Å²) in [5, 5.41) is 96.5. The zero-order chi connectivity index (χ0) is 30.7. The van der Waals surface area contributed by atoms with Crippen LogP contribution in [0.25, 0.3) is 0 Å². The fourth-order valence-electron chi connectivity index (χ4n) is 5.93. The van der Waals surface area contributed by atoms with Gasteiger partial charge in [0.05, 0.1) is 19.1 Å². The normalized spacial score (nSPS) is 22.5. The molecular weight excluding hydrogens is 564 g/mol. The van der Waals surface area contributed by atoms with Crippen molar-refractivity contribution in [1.82, 2.24) is 0 Å². The van der Waals surface area contributed by atoms with Crippen molar-refractivity contribution in [2.24, 2.45) is 0 Å². The van der Waals surface area contributed by atoms with Crippen LogP contribution in [0, 0.1) is 0 Å². The fraction of sp³-hybridized carbons (Fsp3) is 0.226. The van der Waals surface area contributed by atoms with Crippen molar-refractivity contribution < 1.29 is 60.2 Å². The van der Waals surface area contributed by atoms with Crippen LogP contribution >= 0.6 is 0 Å². The summed E-state index contributed by atoms with van der Waals surface area (Å²) in [6, 6.07) is 11.6. The van der Waals surface area contributed by atoms with Gasteiger partial charge in [-0.05, 0) is 29.8 Å². The maximum Gasteiger partial charge on any atom is 0.202 e. The number of aliphatic hydroxyl groups is 2. The number of ether oxygens (including phenoxy) is 3. The first-order valence-electron chi connectivity index (χ1n) is 13.2. The van der Waals surface area contributed by atoms with Gasteiger partial charge in [-0.3, -0.25) is 0 Å². The van der Waals surface area contributed by atoms with E-state index in [0.717, 1.165) is 12.1 Å². The van der Waals surface area contributed by atoms with Crippen molar-refractivity contribution in [2.45, 2.75) is 36.8 Å². The first-order valence-corrected chi connectivity index (χ1v) is 13.2. The summed E-state index contributed by atoms with van der Waals surface area (Å²) in [7, 11) is 1.26. The van der Waals surface area contributed by atoms with Crippen LogP contribution in [0.1, 0.15) is 45.9 Å². The second-order valence-electron chi connectivity index (χ2n) is 10.5. The Morgan fingerprint density at radius 1 is 0.651 bits per heavy atom. The summed E-state index contributed by atoms with van der Waals surface area (Å²) in [4.78, 5) is 0. The Labute approximate surface area is 244 Å². The van der Waals surface area contributed by atoms with Gasteiger partial charge in [0.2, 0.25) is 5.75 Å². The Kier molecular flexibility index (Phi) is 6.67. The van der Waals surface area contributed by atoms with Crippen molar-refractivity contribution in [3.05, 3.63) is 82.4 Å². The molecule has 0 saturated heterocycles. The Morgan fingerprint density at radius 3 is 1.95 bits per heavy atom. The van der Waals surface area contributed by atoms with Crippen LogP contribution in [0.15, 0.2) is 54.6 Å². The highest BCUT2D eigenvalue weighted by Gasteiger charge is 2.46. The number of benzene rings is 4. The van der Waals surface area contributed by atoms with Gasteiger partial charge >= 0.3 is 0 Å². The maximum absolute atomic E-state index is 11.8. The van der Waals surface area contributed by atoms with Gasteiger partial charge in [-0.2, -0.15) is 0 Å². The summed E-state index contributed by atoms with van der Waals surface area (Å²) in [5.74, 6) is -4.16. The number of phenols is 7. The molecule has 0 saturated carbocycles. The Bertz CT molecular complexity index is 1690. The van der Waals surface area contributed by atoms with Gasteiger partial charge in [0.15, 0.2) is 23.7 Å². The van der Waals surface area contributed by atoms with Gasteiger partial charge in [-0.15, -0.1) is 0 Å².